The number of alkyl halides is 2. The fourth-order valence-corrected chi connectivity index (χ4v) is 2.25. The van der Waals surface area contributed by atoms with E-state index in [4.69, 9.17) is 5.11 Å². The molecule has 1 aromatic heterocycles. The van der Waals surface area contributed by atoms with E-state index in [1.165, 1.54) is 6.07 Å². The van der Waals surface area contributed by atoms with Crippen LogP contribution in [0.15, 0.2) is 42.5 Å². The first kappa shape index (κ1) is 11.6. The van der Waals surface area contributed by atoms with Gasteiger partial charge < -0.3 is 10.1 Å². The minimum absolute atomic E-state index is 0.163. The van der Waals surface area contributed by atoms with Crippen molar-refractivity contribution >= 4 is 27.8 Å². The molecule has 0 saturated carbocycles. The lowest BCUT2D eigenvalue weighted by molar-refractivity contribution is -0.166. The number of carbonyl (C=O) groups is 1. The maximum atomic E-state index is 13.7. The van der Waals surface area contributed by atoms with Crippen LogP contribution in [0.3, 0.4) is 0 Å². The minimum Gasteiger partial charge on any atom is -0.477 e. The van der Waals surface area contributed by atoms with E-state index >= 15 is 0 Å². The molecule has 0 atom stereocenters. The van der Waals surface area contributed by atoms with Crippen molar-refractivity contribution in [2.45, 2.75) is 5.92 Å². The largest absolute Gasteiger partial charge is 0.477 e. The summed E-state index contributed by atoms with van der Waals surface area (Å²) >= 11 is 0. The Morgan fingerprint density at radius 3 is 2.47 bits per heavy atom. The molecule has 0 spiro atoms. The van der Waals surface area contributed by atoms with Crippen LogP contribution in [0.5, 0.6) is 0 Å². The zero-order valence-electron chi connectivity index (χ0n) is 9.65. The van der Waals surface area contributed by atoms with Crippen molar-refractivity contribution < 1.29 is 18.7 Å². The summed E-state index contributed by atoms with van der Waals surface area (Å²) in [5, 5.41) is 10.0. The van der Waals surface area contributed by atoms with E-state index in [9.17, 15) is 13.6 Å². The van der Waals surface area contributed by atoms with E-state index in [0.29, 0.717) is 10.9 Å². The third-order valence-electron chi connectivity index (χ3n) is 3.15. The zero-order valence-corrected chi connectivity index (χ0v) is 9.65. The summed E-state index contributed by atoms with van der Waals surface area (Å²) in [5.74, 6) is -6.07. The molecule has 0 saturated heterocycles. The van der Waals surface area contributed by atoms with Crippen molar-refractivity contribution in [3.63, 3.8) is 0 Å². The predicted molar refractivity (Wildman–Crippen MR) is 67.3 cm³/mol. The van der Waals surface area contributed by atoms with Gasteiger partial charge in [-0.25, -0.2) is 4.79 Å². The Labute approximate surface area is 106 Å². The Balaban J connectivity index is 2.42. The Kier molecular flexibility index (Phi) is 2.32. The number of hydrogen-bond donors (Lipinski definition) is 2. The highest BCUT2D eigenvalue weighted by atomic mass is 19.3. The highest BCUT2D eigenvalue weighted by Crippen LogP contribution is 2.36. The van der Waals surface area contributed by atoms with E-state index in [-0.39, 0.29) is 5.52 Å². The Bertz CT molecular complexity index is 792. The monoisotopic (exact) mass is 261 g/mol. The molecule has 2 N–H and O–H groups in total. The molecule has 0 bridgehead atoms. The topological polar surface area (TPSA) is 53.1 Å². The number of halogens is 2. The van der Waals surface area contributed by atoms with Gasteiger partial charge in [0.25, 0.3) is 0 Å². The number of carboxylic acid groups (broad SMARTS) is 1. The highest BCUT2D eigenvalue weighted by Gasteiger charge is 2.42. The average molecular weight is 261 g/mol. The molecule has 0 aliphatic rings. The summed E-state index contributed by atoms with van der Waals surface area (Å²) in [5.41, 5.74) is 0.343. The van der Waals surface area contributed by atoms with Crippen LogP contribution in [-0.2, 0) is 10.7 Å². The molecule has 0 radical (unpaired) electrons. The van der Waals surface area contributed by atoms with Gasteiger partial charge in [-0.05, 0) is 6.07 Å². The van der Waals surface area contributed by atoms with Gasteiger partial charge in [-0.3, -0.25) is 0 Å². The molecule has 3 rings (SSSR count). The van der Waals surface area contributed by atoms with E-state index in [0.717, 1.165) is 11.5 Å². The second-order valence-electron chi connectivity index (χ2n) is 4.28. The van der Waals surface area contributed by atoms with Crippen molar-refractivity contribution in [1.29, 1.82) is 0 Å². The lowest BCUT2D eigenvalue weighted by Crippen LogP contribution is -2.25. The summed E-state index contributed by atoms with van der Waals surface area (Å²) in [6.07, 6.45) is 0. The van der Waals surface area contributed by atoms with Crippen LogP contribution in [0.4, 0.5) is 8.78 Å². The van der Waals surface area contributed by atoms with Gasteiger partial charge in [0.05, 0.1) is 11.1 Å². The van der Waals surface area contributed by atoms with Crippen molar-refractivity contribution in [3.8, 4) is 0 Å². The third kappa shape index (κ3) is 1.58. The number of aromatic amines is 1. The number of benzene rings is 2. The molecule has 0 aliphatic carbocycles. The molecule has 0 aliphatic heterocycles. The summed E-state index contributed by atoms with van der Waals surface area (Å²) in [7, 11) is 0. The van der Waals surface area contributed by atoms with Crippen molar-refractivity contribution in [3.05, 3.63) is 48.0 Å². The van der Waals surface area contributed by atoms with E-state index in [2.05, 4.69) is 4.98 Å². The van der Waals surface area contributed by atoms with E-state index in [1.807, 2.05) is 0 Å². The number of para-hydroxylation sites is 2. The van der Waals surface area contributed by atoms with Gasteiger partial charge in [-0.2, -0.15) is 8.78 Å². The number of rotatable bonds is 2. The smallest absolute Gasteiger partial charge is 0.379 e. The summed E-state index contributed by atoms with van der Waals surface area (Å²) in [6.45, 7) is 0. The minimum atomic E-state index is -3.92. The van der Waals surface area contributed by atoms with Crippen LogP contribution in [-0.4, -0.2) is 16.1 Å². The highest BCUT2D eigenvalue weighted by molar-refractivity contribution is 6.09. The van der Waals surface area contributed by atoms with Crippen LogP contribution in [0.2, 0.25) is 0 Å². The fourth-order valence-electron chi connectivity index (χ4n) is 2.25. The van der Waals surface area contributed by atoms with Crippen LogP contribution >= 0.6 is 0 Å². The first-order chi connectivity index (χ1) is 9.01. The van der Waals surface area contributed by atoms with E-state index in [1.54, 1.807) is 30.3 Å². The Morgan fingerprint density at radius 2 is 1.74 bits per heavy atom. The number of aromatic nitrogens is 1. The van der Waals surface area contributed by atoms with Gasteiger partial charge in [0.15, 0.2) is 0 Å². The van der Waals surface area contributed by atoms with Crippen molar-refractivity contribution in [2.24, 2.45) is 0 Å². The first-order valence-corrected chi connectivity index (χ1v) is 5.63. The summed E-state index contributed by atoms with van der Waals surface area (Å²) < 4.78 is 27.4. The molecule has 5 heteroatoms. The normalized spacial score (nSPS) is 12.1. The average Bonchev–Trinajstić information content (AvgIpc) is 2.76. The molecule has 1 heterocycles. The first-order valence-electron chi connectivity index (χ1n) is 5.63. The van der Waals surface area contributed by atoms with Gasteiger partial charge >= 0.3 is 11.9 Å². The van der Waals surface area contributed by atoms with Crippen LogP contribution in [0.25, 0.3) is 21.8 Å². The SMILES string of the molecule is O=C(O)C(F)(F)c1cccc2c1[nH]c1ccccc12. The molecule has 96 valence electrons. The number of carboxylic acids is 1. The molecule has 3 nitrogen and oxygen atoms in total. The Hall–Kier alpha value is -2.43. The second-order valence-corrected chi connectivity index (χ2v) is 4.28. The number of nitrogens with one attached hydrogen (secondary N) is 1. The molecular weight excluding hydrogens is 252 g/mol. The van der Waals surface area contributed by atoms with Gasteiger partial charge in [0.2, 0.25) is 0 Å². The van der Waals surface area contributed by atoms with Gasteiger partial charge in [0.1, 0.15) is 0 Å². The molecule has 2 aromatic carbocycles. The van der Waals surface area contributed by atoms with E-state index < -0.39 is 17.5 Å². The quantitative estimate of drug-likeness (QED) is 0.741. The Morgan fingerprint density at radius 1 is 1.05 bits per heavy atom. The molecular formula is C14H9F2NO2. The van der Waals surface area contributed by atoms with Crippen LogP contribution in [0, 0.1) is 0 Å². The maximum Gasteiger partial charge on any atom is 0.379 e. The van der Waals surface area contributed by atoms with Crippen LogP contribution in [0.1, 0.15) is 5.56 Å². The lowest BCUT2D eigenvalue weighted by Gasteiger charge is -2.12. The number of H-pyrrole nitrogens is 1. The van der Waals surface area contributed by atoms with Crippen molar-refractivity contribution in [1.82, 2.24) is 4.98 Å². The predicted octanol–water partition coefficient (Wildman–Crippen LogP) is 3.50. The number of aliphatic carboxylic acids is 1. The number of fused-ring (bicyclic) bond motifs is 3. The lowest BCUT2D eigenvalue weighted by atomic mass is 10.0. The second kappa shape index (κ2) is 3.78. The standard InChI is InChI=1S/C14H9F2NO2/c15-14(16,13(18)19)10-6-3-5-9-8-4-1-2-7-11(8)17-12(9)10/h1-7,17H,(H,18,19). The molecule has 3 aromatic rings. The van der Waals surface area contributed by atoms with Crippen molar-refractivity contribution in [2.75, 3.05) is 0 Å². The molecule has 0 fully saturated rings. The van der Waals surface area contributed by atoms with Gasteiger partial charge in [-0.1, -0.05) is 36.4 Å². The molecule has 0 amide bonds. The maximum absolute atomic E-state index is 13.7. The molecule has 0 unspecified atom stereocenters. The number of hydrogen-bond acceptors (Lipinski definition) is 1. The molecule has 19 heavy (non-hydrogen) atoms. The van der Waals surface area contributed by atoms with Gasteiger partial charge in [0, 0.05) is 16.3 Å². The zero-order chi connectivity index (χ0) is 13.6. The summed E-state index contributed by atoms with van der Waals surface area (Å²) in [6, 6.07) is 11.4. The third-order valence-corrected chi connectivity index (χ3v) is 3.15. The van der Waals surface area contributed by atoms with Gasteiger partial charge in [-0.15, -0.1) is 0 Å². The van der Waals surface area contributed by atoms with Crippen LogP contribution < -0.4 is 0 Å². The fraction of sp³-hybridized carbons (Fsp3) is 0.0714. The summed E-state index contributed by atoms with van der Waals surface area (Å²) in [4.78, 5) is 13.6.